The predicted molar refractivity (Wildman–Crippen MR) is 72.8 cm³/mol. The van der Waals surface area contributed by atoms with Gasteiger partial charge in [0.1, 0.15) is 5.69 Å². The number of hydrogen-bond acceptors (Lipinski definition) is 2. The molecule has 4 nitrogen and oxygen atoms in total. The van der Waals surface area contributed by atoms with Crippen LogP contribution in [0.2, 0.25) is 0 Å². The lowest BCUT2D eigenvalue weighted by atomic mass is 10.2. The van der Waals surface area contributed by atoms with E-state index in [4.69, 9.17) is 0 Å². The molecule has 100 valence electrons. The number of rotatable bonds is 4. The summed E-state index contributed by atoms with van der Waals surface area (Å²) >= 11 is 0. The molecular weight excluding hydrogens is 226 g/mol. The Morgan fingerprint density at radius 2 is 2.33 bits per heavy atom. The van der Waals surface area contributed by atoms with Crippen LogP contribution in [0.25, 0.3) is 0 Å². The zero-order chi connectivity index (χ0) is 13.1. The van der Waals surface area contributed by atoms with Gasteiger partial charge in [-0.25, -0.2) is 0 Å². The molecule has 1 amide bonds. The molecule has 1 unspecified atom stereocenters. The normalized spacial score (nSPS) is 19.8. The molecule has 0 bridgehead atoms. The standard InChI is InChI=1S/C14H23N3O/c1-11(2)16-8-5-7-13(16)14(18)17-9-4-6-12(17)10-15-3/h5,7-8,11-12,15H,4,6,9-10H2,1-3H3. The third kappa shape index (κ3) is 2.43. The molecule has 1 aliphatic heterocycles. The molecule has 2 heterocycles. The maximum atomic E-state index is 12.6. The summed E-state index contributed by atoms with van der Waals surface area (Å²) in [4.78, 5) is 14.6. The number of hydrogen-bond donors (Lipinski definition) is 1. The number of carbonyl (C=O) groups is 1. The van der Waals surface area contributed by atoms with Crippen LogP contribution in [0, 0.1) is 0 Å². The third-order valence-corrected chi connectivity index (χ3v) is 3.63. The molecule has 0 aromatic carbocycles. The molecule has 1 aromatic heterocycles. The van der Waals surface area contributed by atoms with Crippen LogP contribution in [0.5, 0.6) is 0 Å². The highest BCUT2D eigenvalue weighted by Gasteiger charge is 2.30. The first-order valence-corrected chi connectivity index (χ1v) is 6.77. The first kappa shape index (κ1) is 13.1. The van der Waals surface area contributed by atoms with E-state index < -0.39 is 0 Å². The summed E-state index contributed by atoms with van der Waals surface area (Å²) < 4.78 is 2.05. The van der Waals surface area contributed by atoms with Gasteiger partial charge in [0, 0.05) is 31.4 Å². The summed E-state index contributed by atoms with van der Waals surface area (Å²) in [5, 5.41) is 3.18. The van der Waals surface area contributed by atoms with Crippen molar-refractivity contribution in [1.29, 1.82) is 0 Å². The number of nitrogens with one attached hydrogen (secondary N) is 1. The molecule has 1 N–H and O–H groups in total. The van der Waals surface area contributed by atoms with E-state index >= 15 is 0 Å². The first-order chi connectivity index (χ1) is 8.65. The van der Waals surface area contributed by atoms with Gasteiger partial charge >= 0.3 is 0 Å². The Kier molecular flexibility index (Phi) is 4.07. The van der Waals surface area contributed by atoms with Crippen LogP contribution in [-0.4, -0.2) is 41.6 Å². The minimum atomic E-state index is 0.173. The molecule has 1 aliphatic rings. The molecule has 0 saturated carbocycles. The van der Waals surface area contributed by atoms with Gasteiger partial charge in [-0.1, -0.05) is 0 Å². The zero-order valence-corrected chi connectivity index (χ0v) is 11.5. The van der Waals surface area contributed by atoms with Crippen molar-refractivity contribution in [1.82, 2.24) is 14.8 Å². The Morgan fingerprint density at radius 1 is 1.56 bits per heavy atom. The molecule has 1 aromatic rings. The van der Waals surface area contributed by atoms with E-state index in [-0.39, 0.29) is 5.91 Å². The lowest BCUT2D eigenvalue weighted by Crippen LogP contribution is -2.41. The van der Waals surface area contributed by atoms with Gasteiger partial charge in [-0.05, 0) is 45.9 Å². The van der Waals surface area contributed by atoms with Crippen LogP contribution < -0.4 is 5.32 Å². The van der Waals surface area contributed by atoms with Crippen molar-refractivity contribution in [3.05, 3.63) is 24.0 Å². The van der Waals surface area contributed by atoms with Gasteiger partial charge in [-0.2, -0.15) is 0 Å². The van der Waals surface area contributed by atoms with E-state index in [0.717, 1.165) is 31.6 Å². The quantitative estimate of drug-likeness (QED) is 0.885. The summed E-state index contributed by atoms with van der Waals surface area (Å²) in [6, 6.07) is 4.55. The second-order valence-corrected chi connectivity index (χ2v) is 5.25. The van der Waals surface area contributed by atoms with E-state index in [9.17, 15) is 4.79 Å². The van der Waals surface area contributed by atoms with Gasteiger partial charge in [0.15, 0.2) is 0 Å². The van der Waals surface area contributed by atoms with Crippen LogP contribution in [0.4, 0.5) is 0 Å². The molecule has 0 radical (unpaired) electrons. The smallest absolute Gasteiger partial charge is 0.270 e. The molecular formula is C14H23N3O. The zero-order valence-electron chi connectivity index (χ0n) is 11.5. The molecule has 0 spiro atoms. The molecule has 4 heteroatoms. The van der Waals surface area contributed by atoms with Crippen LogP contribution in [-0.2, 0) is 0 Å². The maximum Gasteiger partial charge on any atom is 0.270 e. The number of aromatic nitrogens is 1. The van der Waals surface area contributed by atoms with E-state index in [1.807, 2.05) is 30.3 Å². The van der Waals surface area contributed by atoms with Crippen molar-refractivity contribution in [3.63, 3.8) is 0 Å². The minimum absolute atomic E-state index is 0.173. The number of likely N-dealkylation sites (N-methyl/N-ethyl adjacent to an activating group) is 1. The van der Waals surface area contributed by atoms with Crippen LogP contribution in [0.15, 0.2) is 18.3 Å². The van der Waals surface area contributed by atoms with E-state index in [1.165, 1.54) is 0 Å². The fourth-order valence-electron chi connectivity index (χ4n) is 2.72. The second kappa shape index (κ2) is 5.57. The van der Waals surface area contributed by atoms with E-state index in [1.54, 1.807) is 0 Å². The Hall–Kier alpha value is -1.29. The van der Waals surface area contributed by atoms with Gasteiger partial charge in [0.2, 0.25) is 0 Å². The van der Waals surface area contributed by atoms with Crippen molar-refractivity contribution in [2.45, 2.75) is 38.8 Å². The van der Waals surface area contributed by atoms with Crippen LogP contribution in [0.3, 0.4) is 0 Å². The van der Waals surface area contributed by atoms with Crippen molar-refractivity contribution < 1.29 is 4.79 Å². The van der Waals surface area contributed by atoms with Crippen molar-refractivity contribution in [3.8, 4) is 0 Å². The van der Waals surface area contributed by atoms with Crippen molar-refractivity contribution >= 4 is 5.91 Å². The lowest BCUT2D eigenvalue weighted by Gasteiger charge is -2.25. The Morgan fingerprint density at radius 3 is 3.00 bits per heavy atom. The highest BCUT2D eigenvalue weighted by molar-refractivity contribution is 5.93. The van der Waals surface area contributed by atoms with Gasteiger partial charge < -0.3 is 14.8 Å². The Bertz CT molecular complexity index is 411. The molecule has 1 saturated heterocycles. The lowest BCUT2D eigenvalue weighted by molar-refractivity contribution is 0.0724. The molecule has 2 rings (SSSR count). The monoisotopic (exact) mass is 249 g/mol. The highest BCUT2D eigenvalue weighted by atomic mass is 16.2. The summed E-state index contributed by atoms with van der Waals surface area (Å²) in [6.45, 7) is 5.97. The molecule has 1 atom stereocenters. The Balaban J connectivity index is 2.17. The number of amides is 1. The van der Waals surface area contributed by atoms with Crippen LogP contribution >= 0.6 is 0 Å². The third-order valence-electron chi connectivity index (χ3n) is 3.63. The minimum Gasteiger partial charge on any atom is -0.341 e. The molecule has 0 aliphatic carbocycles. The van der Waals surface area contributed by atoms with Gasteiger partial charge in [0.25, 0.3) is 5.91 Å². The van der Waals surface area contributed by atoms with Crippen molar-refractivity contribution in [2.24, 2.45) is 0 Å². The second-order valence-electron chi connectivity index (χ2n) is 5.25. The maximum absolute atomic E-state index is 12.6. The topological polar surface area (TPSA) is 37.3 Å². The number of nitrogens with zero attached hydrogens (tertiary/aromatic N) is 2. The van der Waals surface area contributed by atoms with Crippen molar-refractivity contribution in [2.75, 3.05) is 20.1 Å². The highest BCUT2D eigenvalue weighted by Crippen LogP contribution is 2.21. The SMILES string of the molecule is CNCC1CCCN1C(=O)c1cccn1C(C)C. The summed E-state index contributed by atoms with van der Waals surface area (Å²) in [7, 11) is 1.94. The van der Waals surface area contributed by atoms with E-state index in [0.29, 0.717) is 12.1 Å². The van der Waals surface area contributed by atoms with Gasteiger partial charge in [-0.3, -0.25) is 4.79 Å². The fourth-order valence-corrected chi connectivity index (χ4v) is 2.72. The predicted octanol–water partition coefficient (Wildman–Crippen LogP) is 1.89. The van der Waals surface area contributed by atoms with Crippen LogP contribution in [0.1, 0.15) is 43.2 Å². The molecule has 18 heavy (non-hydrogen) atoms. The first-order valence-electron chi connectivity index (χ1n) is 6.77. The van der Waals surface area contributed by atoms with Gasteiger partial charge in [0.05, 0.1) is 0 Å². The van der Waals surface area contributed by atoms with Gasteiger partial charge in [-0.15, -0.1) is 0 Å². The summed E-state index contributed by atoms with van der Waals surface area (Å²) in [6.07, 6.45) is 4.20. The average Bonchev–Trinajstić information content (AvgIpc) is 2.96. The summed E-state index contributed by atoms with van der Waals surface area (Å²) in [5.74, 6) is 0.173. The Labute approximate surface area is 109 Å². The fraction of sp³-hybridized carbons (Fsp3) is 0.643. The number of likely N-dealkylation sites (tertiary alicyclic amines) is 1. The summed E-state index contributed by atoms with van der Waals surface area (Å²) in [5.41, 5.74) is 0.813. The number of carbonyl (C=O) groups excluding carboxylic acids is 1. The largest absolute Gasteiger partial charge is 0.341 e. The average molecular weight is 249 g/mol. The van der Waals surface area contributed by atoms with E-state index in [2.05, 4.69) is 23.7 Å². The molecule has 1 fully saturated rings.